The quantitative estimate of drug-likeness (QED) is 0.352. The number of halogens is 2. The van der Waals surface area contributed by atoms with Gasteiger partial charge in [0.05, 0.1) is 20.6 Å². The molecule has 142 valence electrons. The summed E-state index contributed by atoms with van der Waals surface area (Å²) in [7, 11) is 0. The molecule has 0 saturated carbocycles. The monoisotopic (exact) mass is 503 g/mol. The first kappa shape index (κ1) is 21.4. The summed E-state index contributed by atoms with van der Waals surface area (Å²) in [6, 6.07) is 11.0. The van der Waals surface area contributed by atoms with Gasteiger partial charge in [-0.15, -0.1) is 0 Å². The number of carboxylic acids is 1. The van der Waals surface area contributed by atoms with Crippen molar-refractivity contribution in [2.75, 3.05) is 11.9 Å². The van der Waals surface area contributed by atoms with Gasteiger partial charge in [-0.2, -0.15) is 5.26 Å². The summed E-state index contributed by atoms with van der Waals surface area (Å²) in [5.41, 5.74) is 0.225. The average molecular weight is 505 g/mol. The zero-order valence-electron chi connectivity index (χ0n) is 14.4. The van der Waals surface area contributed by atoms with Crippen molar-refractivity contribution in [2.45, 2.75) is 0 Å². The Morgan fingerprint density at radius 3 is 2.46 bits per heavy atom. The Labute approximate surface area is 178 Å². The van der Waals surface area contributed by atoms with E-state index in [0.29, 0.717) is 26.9 Å². The minimum absolute atomic E-state index is 0.0455. The molecule has 1 N–H and O–H groups in total. The second-order valence-electron chi connectivity index (χ2n) is 5.37. The maximum Gasteiger partial charge on any atom is 0.266 e. The number of carbonyl (C=O) groups excluding carboxylic acids is 2. The van der Waals surface area contributed by atoms with Crippen LogP contribution in [0.1, 0.15) is 15.9 Å². The Bertz CT molecular complexity index is 987. The Morgan fingerprint density at radius 2 is 1.89 bits per heavy atom. The van der Waals surface area contributed by atoms with Gasteiger partial charge in [-0.3, -0.25) is 4.79 Å². The standard InChI is InChI=1S/C20H14Br2N2O4/c1-2-7-28-18-15(21)9-12(10-16(18)22)8-13(11-23)19(25)24-17-6-4-3-5-14(17)20(26)27/h2-6,8-10H,1,7H2,(H,24,25)(H,26,27)/p-1. The van der Waals surface area contributed by atoms with Gasteiger partial charge in [0, 0.05) is 5.56 Å². The zero-order chi connectivity index (χ0) is 20.7. The molecule has 0 bridgehead atoms. The summed E-state index contributed by atoms with van der Waals surface area (Å²) in [5.74, 6) is -1.61. The molecule has 28 heavy (non-hydrogen) atoms. The largest absolute Gasteiger partial charge is 0.545 e. The fourth-order valence-corrected chi connectivity index (χ4v) is 3.67. The maximum absolute atomic E-state index is 12.4. The van der Waals surface area contributed by atoms with Crippen molar-refractivity contribution in [3.63, 3.8) is 0 Å². The first-order valence-electron chi connectivity index (χ1n) is 7.83. The van der Waals surface area contributed by atoms with E-state index in [0.717, 1.165) is 0 Å². The van der Waals surface area contributed by atoms with E-state index in [1.165, 1.54) is 24.3 Å². The van der Waals surface area contributed by atoms with Crippen molar-refractivity contribution in [3.8, 4) is 11.8 Å². The molecule has 0 saturated heterocycles. The molecular formula is C20H13Br2N2O4-. The molecule has 0 radical (unpaired) electrons. The van der Waals surface area contributed by atoms with Crippen LogP contribution in [0, 0.1) is 11.3 Å². The minimum Gasteiger partial charge on any atom is -0.545 e. The van der Waals surface area contributed by atoms with Crippen LogP contribution < -0.4 is 15.2 Å². The Kier molecular flexibility index (Phi) is 7.55. The number of rotatable bonds is 7. The van der Waals surface area contributed by atoms with Gasteiger partial charge in [-0.25, -0.2) is 0 Å². The van der Waals surface area contributed by atoms with Crippen molar-refractivity contribution < 1.29 is 19.4 Å². The summed E-state index contributed by atoms with van der Waals surface area (Å²) < 4.78 is 6.77. The highest BCUT2D eigenvalue weighted by atomic mass is 79.9. The van der Waals surface area contributed by atoms with E-state index < -0.39 is 11.9 Å². The van der Waals surface area contributed by atoms with E-state index in [2.05, 4.69) is 43.8 Å². The van der Waals surface area contributed by atoms with Gasteiger partial charge in [-0.05, 0) is 61.7 Å². The lowest BCUT2D eigenvalue weighted by Crippen LogP contribution is -2.25. The highest BCUT2D eigenvalue weighted by Crippen LogP contribution is 2.35. The topological polar surface area (TPSA) is 102 Å². The van der Waals surface area contributed by atoms with E-state index in [9.17, 15) is 20.0 Å². The van der Waals surface area contributed by atoms with Crippen LogP contribution in [0.15, 0.2) is 63.6 Å². The molecule has 0 aliphatic heterocycles. The number of para-hydroxylation sites is 1. The number of amides is 1. The van der Waals surface area contributed by atoms with Crippen molar-refractivity contribution >= 4 is 55.5 Å². The number of nitriles is 1. The SMILES string of the molecule is C=CCOc1c(Br)cc(C=C(C#N)C(=O)Nc2ccccc2C(=O)[O-])cc1Br. The van der Waals surface area contributed by atoms with Crippen LogP contribution in [0.4, 0.5) is 5.69 Å². The molecule has 0 fully saturated rings. The van der Waals surface area contributed by atoms with Crippen LogP contribution in [0.2, 0.25) is 0 Å². The number of carboxylic acid groups (broad SMARTS) is 1. The fourth-order valence-electron chi connectivity index (χ4n) is 2.22. The van der Waals surface area contributed by atoms with Gasteiger partial charge in [0.15, 0.2) is 0 Å². The van der Waals surface area contributed by atoms with Crippen molar-refractivity contribution in [2.24, 2.45) is 0 Å². The first-order valence-corrected chi connectivity index (χ1v) is 9.42. The molecule has 2 rings (SSSR count). The third kappa shape index (κ3) is 5.31. The van der Waals surface area contributed by atoms with Gasteiger partial charge in [0.1, 0.15) is 24.0 Å². The number of nitrogens with zero attached hydrogens (tertiary/aromatic N) is 1. The van der Waals surface area contributed by atoms with E-state index in [1.807, 2.05) is 6.07 Å². The number of hydrogen-bond donors (Lipinski definition) is 1. The average Bonchev–Trinajstić information content (AvgIpc) is 2.65. The second-order valence-corrected chi connectivity index (χ2v) is 7.08. The Hall–Kier alpha value is -2.89. The minimum atomic E-state index is -1.43. The van der Waals surface area contributed by atoms with Gasteiger partial charge < -0.3 is 20.0 Å². The summed E-state index contributed by atoms with van der Waals surface area (Å²) in [6.45, 7) is 3.90. The number of hydrogen-bond acceptors (Lipinski definition) is 5. The number of benzene rings is 2. The van der Waals surface area contributed by atoms with Gasteiger partial charge in [-0.1, -0.05) is 30.9 Å². The third-order valence-electron chi connectivity index (χ3n) is 3.44. The molecule has 0 aliphatic carbocycles. The number of carbonyl (C=O) groups is 2. The smallest absolute Gasteiger partial charge is 0.266 e. The summed E-state index contributed by atoms with van der Waals surface area (Å²) >= 11 is 6.76. The van der Waals surface area contributed by atoms with Crippen molar-refractivity contribution in [1.29, 1.82) is 5.26 Å². The normalized spacial score (nSPS) is 10.7. The lowest BCUT2D eigenvalue weighted by atomic mass is 10.1. The number of nitrogens with one attached hydrogen (secondary N) is 1. The summed E-state index contributed by atoms with van der Waals surface area (Å²) in [4.78, 5) is 23.6. The molecule has 0 spiro atoms. The molecule has 1 amide bonds. The molecule has 0 aromatic heterocycles. The van der Waals surface area contributed by atoms with Crippen LogP contribution in [-0.4, -0.2) is 18.5 Å². The first-order chi connectivity index (χ1) is 13.4. The maximum atomic E-state index is 12.4. The number of aromatic carboxylic acids is 1. The Balaban J connectivity index is 2.31. The predicted octanol–water partition coefficient (Wildman–Crippen LogP) is 3.69. The van der Waals surface area contributed by atoms with Crippen molar-refractivity contribution in [3.05, 3.63) is 74.7 Å². The molecular weight excluding hydrogens is 492 g/mol. The van der Waals surface area contributed by atoms with E-state index in [1.54, 1.807) is 24.3 Å². The summed E-state index contributed by atoms with van der Waals surface area (Å²) in [6.07, 6.45) is 2.99. The van der Waals surface area contributed by atoms with E-state index in [4.69, 9.17) is 4.74 Å². The molecule has 2 aromatic rings. The summed E-state index contributed by atoms with van der Waals surface area (Å²) in [5, 5.41) is 22.9. The van der Waals surface area contributed by atoms with Gasteiger partial charge in [0.2, 0.25) is 0 Å². The molecule has 8 heteroatoms. The lowest BCUT2D eigenvalue weighted by Gasteiger charge is -2.12. The second kappa shape index (κ2) is 9.88. The Morgan fingerprint density at radius 1 is 1.25 bits per heavy atom. The van der Waals surface area contributed by atoms with E-state index in [-0.39, 0.29) is 16.8 Å². The third-order valence-corrected chi connectivity index (χ3v) is 4.62. The van der Waals surface area contributed by atoms with Crippen LogP contribution in [-0.2, 0) is 4.79 Å². The highest BCUT2D eigenvalue weighted by Gasteiger charge is 2.14. The van der Waals surface area contributed by atoms with Crippen LogP contribution in [0.3, 0.4) is 0 Å². The molecule has 0 aliphatic rings. The molecule has 0 heterocycles. The molecule has 0 atom stereocenters. The molecule has 0 unspecified atom stereocenters. The van der Waals surface area contributed by atoms with Gasteiger partial charge in [0.25, 0.3) is 5.91 Å². The van der Waals surface area contributed by atoms with Crippen LogP contribution in [0.5, 0.6) is 5.75 Å². The predicted molar refractivity (Wildman–Crippen MR) is 111 cm³/mol. The van der Waals surface area contributed by atoms with E-state index >= 15 is 0 Å². The fraction of sp³-hybridized carbons (Fsp3) is 0.0500. The highest BCUT2D eigenvalue weighted by molar-refractivity contribution is 9.11. The molecule has 6 nitrogen and oxygen atoms in total. The number of ether oxygens (including phenoxy) is 1. The van der Waals surface area contributed by atoms with Crippen LogP contribution >= 0.6 is 31.9 Å². The lowest BCUT2D eigenvalue weighted by molar-refractivity contribution is -0.254. The van der Waals surface area contributed by atoms with Crippen molar-refractivity contribution in [1.82, 2.24) is 0 Å². The van der Waals surface area contributed by atoms with Gasteiger partial charge >= 0.3 is 0 Å². The van der Waals surface area contributed by atoms with Crippen LogP contribution in [0.25, 0.3) is 6.08 Å². The number of anilines is 1. The molecule has 2 aromatic carbocycles. The zero-order valence-corrected chi connectivity index (χ0v) is 17.5.